The molecule has 0 saturated carbocycles. The van der Waals surface area contributed by atoms with Gasteiger partial charge in [-0.05, 0) is 28.8 Å². The maximum absolute atomic E-state index is 11.7. The van der Waals surface area contributed by atoms with Gasteiger partial charge in [0.1, 0.15) is 6.04 Å². The highest BCUT2D eigenvalue weighted by atomic mass is 32.1. The number of methoxy groups -OCH3 is 1. The molecule has 2 heterocycles. The summed E-state index contributed by atoms with van der Waals surface area (Å²) in [7, 11) is 1.43. The molecule has 0 aliphatic rings. The Morgan fingerprint density at radius 3 is 2.80 bits per heavy atom. The SMILES string of the molecule is COC(=O)C(NCc1cc(-c2cccs2)cs1)C(C)C. The van der Waals surface area contributed by atoms with Crippen molar-refractivity contribution in [3.05, 3.63) is 33.8 Å². The van der Waals surface area contributed by atoms with E-state index in [9.17, 15) is 4.79 Å². The highest BCUT2D eigenvalue weighted by Gasteiger charge is 2.22. The number of ether oxygens (including phenoxy) is 1. The van der Waals surface area contributed by atoms with Crippen molar-refractivity contribution in [2.45, 2.75) is 26.4 Å². The maximum Gasteiger partial charge on any atom is 0.323 e. The summed E-state index contributed by atoms with van der Waals surface area (Å²) in [6.07, 6.45) is 0. The molecule has 5 heteroatoms. The summed E-state index contributed by atoms with van der Waals surface area (Å²) in [4.78, 5) is 14.2. The largest absolute Gasteiger partial charge is 0.468 e. The quantitative estimate of drug-likeness (QED) is 0.826. The molecule has 0 radical (unpaired) electrons. The van der Waals surface area contributed by atoms with Gasteiger partial charge in [0, 0.05) is 21.9 Å². The molecular formula is C15H19NO2S2. The van der Waals surface area contributed by atoms with Crippen molar-refractivity contribution >= 4 is 28.6 Å². The second-order valence-electron chi connectivity index (χ2n) is 4.90. The Kier molecular flexibility index (Phi) is 5.34. The number of thiophene rings is 2. The zero-order chi connectivity index (χ0) is 14.5. The summed E-state index contributed by atoms with van der Waals surface area (Å²) < 4.78 is 4.83. The van der Waals surface area contributed by atoms with Crippen LogP contribution in [0.4, 0.5) is 0 Å². The third kappa shape index (κ3) is 3.69. The van der Waals surface area contributed by atoms with Gasteiger partial charge in [0.25, 0.3) is 0 Å². The van der Waals surface area contributed by atoms with Gasteiger partial charge < -0.3 is 4.74 Å². The molecule has 20 heavy (non-hydrogen) atoms. The topological polar surface area (TPSA) is 38.3 Å². The summed E-state index contributed by atoms with van der Waals surface area (Å²) >= 11 is 3.45. The molecule has 2 aromatic heterocycles. The van der Waals surface area contributed by atoms with Crippen molar-refractivity contribution in [2.75, 3.05) is 7.11 Å². The van der Waals surface area contributed by atoms with E-state index in [1.807, 2.05) is 13.8 Å². The third-order valence-corrected chi connectivity index (χ3v) is 4.93. The maximum atomic E-state index is 11.7. The van der Waals surface area contributed by atoms with Gasteiger partial charge in [0.2, 0.25) is 0 Å². The number of carbonyl (C=O) groups is 1. The molecule has 2 aromatic rings. The molecule has 3 nitrogen and oxygen atoms in total. The molecular weight excluding hydrogens is 290 g/mol. The highest BCUT2D eigenvalue weighted by Crippen LogP contribution is 2.29. The fourth-order valence-electron chi connectivity index (χ4n) is 1.97. The van der Waals surface area contributed by atoms with Crippen LogP contribution in [0.25, 0.3) is 10.4 Å². The zero-order valence-electron chi connectivity index (χ0n) is 11.9. The summed E-state index contributed by atoms with van der Waals surface area (Å²) in [5, 5.41) is 7.52. The molecule has 0 fully saturated rings. The van der Waals surface area contributed by atoms with E-state index >= 15 is 0 Å². The Labute approximate surface area is 127 Å². The van der Waals surface area contributed by atoms with Gasteiger partial charge in [-0.15, -0.1) is 22.7 Å². The molecule has 1 unspecified atom stereocenters. The van der Waals surface area contributed by atoms with Crippen LogP contribution in [-0.2, 0) is 16.1 Å². The second-order valence-corrected chi connectivity index (χ2v) is 6.85. The Hall–Kier alpha value is -1.17. The Morgan fingerprint density at radius 2 is 2.20 bits per heavy atom. The van der Waals surface area contributed by atoms with Crippen molar-refractivity contribution in [2.24, 2.45) is 5.92 Å². The van der Waals surface area contributed by atoms with Crippen molar-refractivity contribution in [1.82, 2.24) is 5.32 Å². The molecule has 0 saturated heterocycles. The number of hydrogen-bond acceptors (Lipinski definition) is 5. The third-order valence-electron chi connectivity index (χ3n) is 3.08. The lowest BCUT2D eigenvalue weighted by Gasteiger charge is -2.19. The van der Waals surface area contributed by atoms with Crippen LogP contribution in [-0.4, -0.2) is 19.1 Å². The van der Waals surface area contributed by atoms with Crippen LogP contribution < -0.4 is 5.32 Å². The summed E-state index contributed by atoms with van der Waals surface area (Å²) in [6, 6.07) is 6.10. The van der Waals surface area contributed by atoms with Crippen LogP contribution in [0.1, 0.15) is 18.7 Å². The Bertz CT molecular complexity index is 546. The van der Waals surface area contributed by atoms with Crippen molar-refractivity contribution in [3.8, 4) is 10.4 Å². The molecule has 0 spiro atoms. The van der Waals surface area contributed by atoms with Crippen LogP contribution in [0.5, 0.6) is 0 Å². The predicted molar refractivity (Wildman–Crippen MR) is 85.1 cm³/mol. The lowest BCUT2D eigenvalue weighted by Crippen LogP contribution is -2.41. The van der Waals surface area contributed by atoms with Gasteiger partial charge in [0.15, 0.2) is 0 Å². The lowest BCUT2D eigenvalue weighted by molar-refractivity contribution is -0.144. The smallest absolute Gasteiger partial charge is 0.323 e. The van der Waals surface area contributed by atoms with Crippen molar-refractivity contribution in [3.63, 3.8) is 0 Å². The van der Waals surface area contributed by atoms with E-state index in [2.05, 4.69) is 34.3 Å². The average Bonchev–Trinajstić information content (AvgIpc) is 3.08. The lowest BCUT2D eigenvalue weighted by atomic mass is 10.0. The fraction of sp³-hybridized carbons (Fsp3) is 0.400. The standard InChI is InChI=1S/C15H19NO2S2/c1-10(2)14(15(17)18-3)16-8-12-7-11(9-20-12)13-5-4-6-19-13/h4-7,9-10,14,16H,8H2,1-3H3. The van der Waals surface area contributed by atoms with Gasteiger partial charge in [0.05, 0.1) is 7.11 Å². The van der Waals surface area contributed by atoms with Crippen molar-refractivity contribution < 1.29 is 9.53 Å². The van der Waals surface area contributed by atoms with Gasteiger partial charge in [-0.1, -0.05) is 19.9 Å². The number of nitrogens with one attached hydrogen (secondary N) is 1. The normalized spacial score (nSPS) is 12.6. The van der Waals surface area contributed by atoms with Crippen LogP contribution in [0, 0.1) is 5.92 Å². The molecule has 2 rings (SSSR count). The molecule has 0 amide bonds. The van der Waals surface area contributed by atoms with E-state index in [-0.39, 0.29) is 17.9 Å². The first-order valence-electron chi connectivity index (χ1n) is 6.54. The number of hydrogen-bond donors (Lipinski definition) is 1. The van der Waals surface area contributed by atoms with Gasteiger partial charge in [-0.25, -0.2) is 0 Å². The molecule has 1 N–H and O–H groups in total. The van der Waals surface area contributed by atoms with Crippen LogP contribution >= 0.6 is 22.7 Å². The van der Waals surface area contributed by atoms with Crippen LogP contribution in [0.2, 0.25) is 0 Å². The Balaban J connectivity index is 1.98. The molecule has 1 atom stereocenters. The van der Waals surface area contributed by atoms with Crippen LogP contribution in [0.15, 0.2) is 29.0 Å². The number of carbonyl (C=O) groups excluding carboxylic acids is 1. The molecule has 0 aliphatic carbocycles. The van der Waals surface area contributed by atoms with E-state index in [0.29, 0.717) is 6.54 Å². The molecule has 108 valence electrons. The summed E-state index contributed by atoms with van der Waals surface area (Å²) in [5.41, 5.74) is 1.25. The summed E-state index contributed by atoms with van der Waals surface area (Å²) in [5.74, 6) is 0.00853. The molecule has 0 bridgehead atoms. The first kappa shape index (κ1) is 15.2. The molecule has 0 aromatic carbocycles. The zero-order valence-corrected chi connectivity index (χ0v) is 13.5. The van der Waals surface area contributed by atoms with Gasteiger partial charge >= 0.3 is 5.97 Å². The number of rotatable bonds is 6. The average molecular weight is 309 g/mol. The predicted octanol–water partition coefficient (Wildman–Crippen LogP) is 3.76. The van der Waals surface area contributed by atoms with E-state index in [1.54, 1.807) is 22.7 Å². The number of esters is 1. The molecule has 0 aliphatic heterocycles. The minimum absolute atomic E-state index is 0.199. The minimum atomic E-state index is -0.257. The van der Waals surface area contributed by atoms with E-state index in [0.717, 1.165) is 0 Å². The minimum Gasteiger partial charge on any atom is -0.468 e. The van der Waals surface area contributed by atoms with E-state index < -0.39 is 0 Å². The van der Waals surface area contributed by atoms with Gasteiger partial charge in [-0.3, -0.25) is 10.1 Å². The monoisotopic (exact) mass is 309 g/mol. The first-order valence-corrected chi connectivity index (χ1v) is 8.30. The first-order chi connectivity index (χ1) is 9.61. The van der Waals surface area contributed by atoms with E-state index in [1.165, 1.54) is 22.4 Å². The second kappa shape index (κ2) is 7.02. The summed E-state index contributed by atoms with van der Waals surface area (Å²) in [6.45, 7) is 4.72. The Morgan fingerprint density at radius 1 is 1.40 bits per heavy atom. The van der Waals surface area contributed by atoms with Gasteiger partial charge in [-0.2, -0.15) is 0 Å². The fourth-order valence-corrected chi connectivity index (χ4v) is 3.60. The highest BCUT2D eigenvalue weighted by molar-refractivity contribution is 7.14. The van der Waals surface area contributed by atoms with Crippen molar-refractivity contribution in [1.29, 1.82) is 0 Å². The van der Waals surface area contributed by atoms with E-state index in [4.69, 9.17) is 4.74 Å². The van der Waals surface area contributed by atoms with Crippen LogP contribution in [0.3, 0.4) is 0 Å².